The van der Waals surface area contributed by atoms with Crippen LogP contribution in [0.5, 0.6) is 0 Å². The number of nitrogens with one attached hydrogen (secondary N) is 1. The first-order valence-electron chi connectivity index (χ1n) is 9.79. The third-order valence-corrected chi connectivity index (χ3v) is 9.32. The van der Waals surface area contributed by atoms with Gasteiger partial charge in [-0.15, -0.1) is 0 Å². The summed E-state index contributed by atoms with van der Waals surface area (Å²) in [5, 5.41) is 2.95. The number of carbonyl (C=O) groups is 2. The van der Waals surface area contributed by atoms with Gasteiger partial charge in [0.2, 0.25) is 5.91 Å². The quantitative estimate of drug-likeness (QED) is 0.641. The lowest BCUT2D eigenvalue weighted by atomic mass is 10.0. The van der Waals surface area contributed by atoms with Gasteiger partial charge in [-0.25, -0.2) is 4.79 Å². The molecule has 0 aromatic rings. The van der Waals surface area contributed by atoms with Crippen molar-refractivity contribution in [1.82, 2.24) is 10.2 Å². The Kier molecular flexibility index (Phi) is 9.03. The van der Waals surface area contributed by atoms with E-state index in [1.54, 1.807) is 7.05 Å². The molecule has 0 unspecified atom stereocenters. The number of likely N-dealkylation sites (N-methyl/N-ethyl adjacent to an activating group) is 1. The maximum absolute atomic E-state index is 12.6. The fourth-order valence-corrected chi connectivity index (χ4v) is 3.51. The summed E-state index contributed by atoms with van der Waals surface area (Å²) < 4.78 is 12.0. The second kappa shape index (κ2) is 9.41. The highest BCUT2D eigenvalue weighted by Crippen LogP contribution is 2.38. The van der Waals surface area contributed by atoms with Gasteiger partial charge in [-0.2, -0.15) is 0 Å². The molecule has 1 N–H and O–H groups in total. The van der Waals surface area contributed by atoms with Gasteiger partial charge in [0.15, 0.2) is 8.32 Å². The molecule has 0 aliphatic heterocycles. The van der Waals surface area contributed by atoms with E-state index >= 15 is 0 Å². The van der Waals surface area contributed by atoms with Gasteiger partial charge in [-0.1, -0.05) is 27.7 Å². The lowest BCUT2D eigenvalue weighted by Crippen LogP contribution is -2.52. The number of nitrogens with zero attached hydrogens (tertiary/aromatic N) is 1. The van der Waals surface area contributed by atoms with E-state index in [-0.39, 0.29) is 22.9 Å². The Hall–Kier alpha value is -1.08. The van der Waals surface area contributed by atoms with Gasteiger partial charge in [0.25, 0.3) is 0 Å². The van der Waals surface area contributed by atoms with Gasteiger partial charge in [0.1, 0.15) is 5.60 Å². The van der Waals surface area contributed by atoms with Crippen LogP contribution in [-0.2, 0) is 14.0 Å². The molecule has 0 rings (SSSR count). The van der Waals surface area contributed by atoms with E-state index in [9.17, 15) is 9.59 Å². The first-order valence-corrected chi connectivity index (χ1v) is 12.7. The Bertz CT molecular complexity index is 507. The molecule has 160 valence electrons. The smallest absolute Gasteiger partial charge is 0.410 e. The zero-order chi connectivity index (χ0) is 21.8. The normalized spacial score (nSPS) is 15.3. The molecule has 0 aliphatic rings. The van der Waals surface area contributed by atoms with Crippen LogP contribution in [0.4, 0.5) is 4.79 Å². The van der Waals surface area contributed by atoms with E-state index in [4.69, 9.17) is 9.16 Å². The van der Waals surface area contributed by atoms with Crippen LogP contribution in [0, 0.1) is 5.92 Å². The lowest BCUT2D eigenvalue weighted by Gasteiger charge is -2.41. The predicted octanol–water partition coefficient (Wildman–Crippen LogP) is 4.40. The highest BCUT2D eigenvalue weighted by atomic mass is 28.4. The Morgan fingerprint density at radius 2 is 1.52 bits per heavy atom. The van der Waals surface area contributed by atoms with E-state index < -0.39 is 26.1 Å². The fraction of sp³-hybridized carbons (Fsp3) is 0.900. The first kappa shape index (κ1) is 25.9. The molecule has 6 nitrogen and oxygen atoms in total. The van der Waals surface area contributed by atoms with Crippen molar-refractivity contribution >= 4 is 20.3 Å². The monoisotopic (exact) mass is 402 g/mol. The van der Waals surface area contributed by atoms with Crippen molar-refractivity contribution < 1.29 is 18.8 Å². The van der Waals surface area contributed by atoms with Crippen LogP contribution in [0.25, 0.3) is 0 Å². The van der Waals surface area contributed by atoms with Crippen LogP contribution in [0.2, 0.25) is 18.1 Å². The molecule has 0 radical (unpaired) electrons. The molecule has 0 aromatic carbocycles. The van der Waals surface area contributed by atoms with E-state index in [0.717, 1.165) is 0 Å². The van der Waals surface area contributed by atoms with Crippen molar-refractivity contribution in [2.45, 2.75) is 98.2 Å². The summed E-state index contributed by atoms with van der Waals surface area (Å²) in [6.07, 6.45) is -0.815. The standard InChI is InChI=1S/C20H42N2O4Si/c1-14(2)21-17(23)15(3)16(26-27(11,12)20(7,8)9)13-22(10)18(24)25-19(4,5)6/h14-16H,13H2,1-12H3,(H,21,23)/t15-,16-/m0/s1. The number of carbonyl (C=O) groups excluding carboxylic acids is 2. The van der Waals surface area contributed by atoms with E-state index in [1.807, 2.05) is 41.5 Å². The van der Waals surface area contributed by atoms with Crippen molar-refractivity contribution in [2.24, 2.45) is 5.92 Å². The number of hydrogen-bond acceptors (Lipinski definition) is 4. The molecule has 0 saturated heterocycles. The number of ether oxygens (including phenoxy) is 1. The first-order chi connectivity index (χ1) is 11.9. The van der Waals surface area contributed by atoms with Gasteiger partial charge in [-0.05, 0) is 52.8 Å². The number of hydrogen-bond donors (Lipinski definition) is 1. The van der Waals surface area contributed by atoms with Crippen LogP contribution >= 0.6 is 0 Å². The Morgan fingerprint density at radius 1 is 1.04 bits per heavy atom. The minimum absolute atomic E-state index is 0.00395. The number of rotatable bonds is 7. The summed E-state index contributed by atoms with van der Waals surface area (Å²) in [5.74, 6) is -0.447. The van der Waals surface area contributed by atoms with E-state index in [1.165, 1.54) is 4.90 Å². The third-order valence-electron chi connectivity index (χ3n) is 4.81. The van der Waals surface area contributed by atoms with E-state index in [2.05, 4.69) is 39.2 Å². The Labute approximate surface area is 167 Å². The van der Waals surface area contributed by atoms with Gasteiger partial charge in [0, 0.05) is 19.6 Å². The van der Waals surface area contributed by atoms with Crippen molar-refractivity contribution in [3.05, 3.63) is 0 Å². The molecule has 7 heteroatoms. The molecule has 0 bridgehead atoms. The zero-order valence-corrected chi connectivity index (χ0v) is 20.5. The topological polar surface area (TPSA) is 67.9 Å². The second-order valence-electron chi connectivity index (χ2n) is 10.2. The number of amides is 2. The maximum Gasteiger partial charge on any atom is 0.410 e. The Balaban J connectivity index is 5.47. The van der Waals surface area contributed by atoms with Gasteiger partial charge in [0.05, 0.1) is 12.0 Å². The fourth-order valence-electron chi connectivity index (χ4n) is 2.12. The van der Waals surface area contributed by atoms with Crippen LogP contribution in [-0.4, -0.2) is 56.6 Å². The van der Waals surface area contributed by atoms with Gasteiger partial charge >= 0.3 is 6.09 Å². The summed E-state index contributed by atoms with van der Waals surface area (Å²) in [7, 11) is -0.440. The SMILES string of the molecule is CC(C)NC(=O)[C@@H](C)[C@H](CN(C)C(=O)OC(C)(C)C)O[Si](C)(C)C(C)(C)C. The van der Waals surface area contributed by atoms with Crippen molar-refractivity contribution in [3.8, 4) is 0 Å². The molecular weight excluding hydrogens is 360 g/mol. The summed E-state index contributed by atoms with van der Waals surface area (Å²) in [6, 6.07) is 0.0528. The maximum atomic E-state index is 12.6. The van der Waals surface area contributed by atoms with Crippen LogP contribution in [0.15, 0.2) is 0 Å². The lowest BCUT2D eigenvalue weighted by molar-refractivity contribution is -0.128. The second-order valence-corrected chi connectivity index (χ2v) is 15.0. The highest BCUT2D eigenvalue weighted by Gasteiger charge is 2.42. The molecule has 0 aromatic heterocycles. The average Bonchev–Trinajstić information content (AvgIpc) is 2.41. The van der Waals surface area contributed by atoms with Crippen molar-refractivity contribution in [3.63, 3.8) is 0 Å². The summed E-state index contributed by atoms with van der Waals surface area (Å²) >= 11 is 0. The van der Waals surface area contributed by atoms with E-state index in [0.29, 0.717) is 6.54 Å². The van der Waals surface area contributed by atoms with Gasteiger partial charge < -0.3 is 19.4 Å². The largest absolute Gasteiger partial charge is 0.444 e. The summed E-state index contributed by atoms with van der Waals surface area (Å²) in [6.45, 7) is 22.3. The minimum atomic E-state index is -2.12. The average molecular weight is 403 g/mol. The predicted molar refractivity (Wildman–Crippen MR) is 113 cm³/mol. The van der Waals surface area contributed by atoms with Crippen LogP contribution in [0.1, 0.15) is 62.3 Å². The molecule has 2 amide bonds. The molecule has 2 atom stereocenters. The molecule has 27 heavy (non-hydrogen) atoms. The molecule has 0 heterocycles. The summed E-state index contributed by atoms with van der Waals surface area (Å²) in [4.78, 5) is 26.5. The summed E-state index contributed by atoms with van der Waals surface area (Å²) in [5.41, 5.74) is -0.568. The van der Waals surface area contributed by atoms with Gasteiger partial charge in [-0.3, -0.25) is 4.79 Å². The Morgan fingerprint density at radius 3 is 1.89 bits per heavy atom. The molecule has 0 aliphatic carbocycles. The van der Waals surface area contributed by atoms with Crippen molar-refractivity contribution in [1.29, 1.82) is 0 Å². The zero-order valence-electron chi connectivity index (χ0n) is 19.5. The third kappa shape index (κ3) is 9.10. The molecule has 0 spiro atoms. The van der Waals surface area contributed by atoms with Crippen LogP contribution < -0.4 is 5.32 Å². The van der Waals surface area contributed by atoms with Crippen LogP contribution in [0.3, 0.4) is 0 Å². The van der Waals surface area contributed by atoms with Crippen molar-refractivity contribution in [2.75, 3.05) is 13.6 Å². The minimum Gasteiger partial charge on any atom is -0.444 e. The highest BCUT2D eigenvalue weighted by molar-refractivity contribution is 6.74. The molecular formula is C20H42N2O4Si. The molecule has 0 fully saturated rings. The molecule has 0 saturated carbocycles.